The number of piperidine rings is 1. The molecule has 2 heterocycles. The Hall–Kier alpha value is -2.70. The third kappa shape index (κ3) is 3.21. The molecule has 136 valence electrons. The largest absolute Gasteiger partial charge is 0.459 e. The Balaban J connectivity index is 1.49. The van der Waals surface area contributed by atoms with Gasteiger partial charge in [0.2, 0.25) is 5.91 Å². The van der Waals surface area contributed by atoms with Gasteiger partial charge in [0.25, 0.3) is 0 Å². The summed E-state index contributed by atoms with van der Waals surface area (Å²) in [5.41, 5.74) is 3.79. The number of esters is 1. The van der Waals surface area contributed by atoms with E-state index in [9.17, 15) is 14.0 Å². The first-order valence-corrected chi connectivity index (χ1v) is 8.91. The lowest BCUT2D eigenvalue weighted by Gasteiger charge is -2.20. The Morgan fingerprint density at radius 1 is 1.27 bits per heavy atom. The van der Waals surface area contributed by atoms with Gasteiger partial charge in [0.1, 0.15) is 18.1 Å². The number of ether oxygens (including phenoxy) is 1. The molecule has 6 nitrogen and oxygen atoms in total. The van der Waals surface area contributed by atoms with E-state index in [1.165, 1.54) is 12.1 Å². The summed E-state index contributed by atoms with van der Waals surface area (Å²) in [6.07, 6.45) is 3.72. The Morgan fingerprint density at radius 3 is 2.81 bits per heavy atom. The van der Waals surface area contributed by atoms with Crippen LogP contribution in [0.4, 0.5) is 4.39 Å². The highest BCUT2D eigenvalue weighted by molar-refractivity contribution is 5.80. The number of carbonyl (C=O) groups excluding carboxylic acids is 2. The van der Waals surface area contributed by atoms with Gasteiger partial charge < -0.3 is 10.1 Å². The maximum absolute atomic E-state index is 13.2. The zero-order valence-corrected chi connectivity index (χ0v) is 14.3. The van der Waals surface area contributed by atoms with Gasteiger partial charge >= 0.3 is 5.97 Å². The number of nitrogens with one attached hydrogen (secondary N) is 1. The van der Waals surface area contributed by atoms with E-state index in [0.717, 1.165) is 41.9 Å². The predicted molar refractivity (Wildman–Crippen MR) is 91.1 cm³/mol. The Bertz CT molecular complexity index is 834. The molecule has 1 aromatic heterocycles. The van der Waals surface area contributed by atoms with E-state index in [1.54, 1.807) is 12.1 Å². The summed E-state index contributed by atoms with van der Waals surface area (Å²) in [5.74, 6) is -0.899. The third-order valence-corrected chi connectivity index (χ3v) is 5.03. The van der Waals surface area contributed by atoms with Gasteiger partial charge in [-0.2, -0.15) is 5.10 Å². The molecule has 26 heavy (non-hydrogen) atoms. The number of fused-ring (bicyclic) bond motifs is 1. The molecule has 0 radical (unpaired) electrons. The molecule has 2 aromatic rings. The molecule has 0 spiro atoms. The van der Waals surface area contributed by atoms with Crippen LogP contribution in [-0.2, 0) is 33.8 Å². The maximum Gasteiger partial charge on any atom is 0.311 e. The smallest absolute Gasteiger partial charge is 0.311 e. The summed E-state index contributed by atoms with van der Waals surface area (Å²) in [6, 6.07) is 6.22. The van der Waals surface area contributed by atoms with Crippen LogP contribution >= 0.6 is 0 Å². The molecular formula is C19H20FN3O3. The second-order valence-corrected chi connectivity index (χ2v) is 6.76. The minimum Gasteiger partial charge on any atom is -0.459 e. The van der Waals surface area contributed by atoms with Crippen molar-refractivity contribution in [3.63, 3.8) is 0 Å². The van der Waals surface area contributed by atoms with Crippen molar-refractivity contribution in [3.8, 4) is 5.69 Å². The molecule has 2 aliphatic rings. The molecule has 1 aromatic carbocycles. The summed E-state index contributed by atoms with van der Waals surface area (Å²) in [6.45, 7) is 0.458. The lowest BCUT2D eigenvalue weighted by molar-refractivity contribution is -0.151. The zero-order chi connectivity index (χ0) is 18.1. The van der Waals surface area contributed by atoms with Gasteiger partial charge in [-0.05, 0) is 49.9 Å². The standard InChI is InChI=1S/C19H20FN3O3/c20-13-5-7-14(8-6-13)23-17-3-1-2-15(17)16(22-23)11-26-19(25)12-4-9-18(24)21-10-12/h5-8,12H,1-4,9-11H2,(H,21,24)/t12-/m1/s1. The summed E-state index contributed by atoms with van der Waals surface area (Å²) in [5, 5.41) is 7.30. The van der Waals surface area contributed by atoms with Gasteiger partial charge in [0.05, 0.1) is 11.6 Å². The summed E-state index contributed by atoms with van der Waals surface area (Å²) >= 11 is 0. The fraction of sp³-hybridized carbons (Fsp3) is 0.421. The predicted octanol–water partition coefficient (Wildman–Crippen LogP) is 2.07. The van der Waals surface area contributed by atoms with E-state index in [0.29, 0.717) is 19.4 Å². The van der Waals surface area contributed by atoms with Crippen molar-refractivity contribution in [2.24, 2.45) is 5.92 Å². The topological polar surface area (TPSA) is 73.2 Å². The molecular weight excluding hydrogens is 337 g/mol. The van der Waals surface area contributed by atoms with Gasteiger partial charge in [-0.15, -0.1) is 0 Å². The molecule has 0 saturated carbocycles. The molecule has 1 aliphatic carbocycles. The Kier molecular flexibility index (Phi) is 4.44. The lowest BCUT2D eigenvalue weighted by atomic mass is 9.99. The van der Waals surface area contributed by atoms with Crippen LogP contribution < -0.4 is 5.32 Å². The number of aromatic nitrogens is 2. The molecule has 1 atom stereocenters. The SMILES string of the molecule is O=C1CC[C@@H](C(=O)OCc2nn(-c3ccc(F)cc3)c3c2CCC3)CN1. The number of nitrogens with zero attached hydrogens (tertiary/aromatic N) is 2. The van der Waals surface area contributed by atoms with Crippen molar-refractivity contribution in [3.05, 3.63) is 47.0 Å². The average Bonchev–Trinajstić information content (AvgIpc) is 3.24. The fourth-order valence-electron chi connectivity index (χ4n) is 3.62. The second kappa shape index (κ2) is 6.90. The van der Waals surface area contributed by atoms with Gasteiger partial charge in [0, 0.05) is 24.2 Å². The van der Waals surface area contributed by atoms with Crippen LogP contribution in [0.3, 0.4) is 0 Å². The highest BCUT2D eigenvalue weighted by atomic mass is 19.1. The molecule has 1 aliphatic heterocycles. The first kappa shape index (κ1) is 16.8. The number of amides is 1. The van der Waals surface area contributed by atoms with Crippen molar-refractivity contribution in [2.45, 2.75) is 38.7 Å². The average molecular weight is 357 g/mol. The van der Waals surface area contributed by atoms with Crippen LogP contribution in [0.5, 0.6) is 0 Å². The number of hydrogen-bond donors (Lipinski definition) is 1. The Morgan fingerprint density at radius 2 is 2.08 bits per heavy atom. The fourth-order valence-corrected chi connectivity index (χ4v) is 3.62. The molecule has 1 saturated heterocycles. The molecule has 1 N–H and O–H groups in total. The minimum absolute atomic E-state index is 0.0232. The quantitative estimate of drug-likeness (QED) is 0.850. The molecule has 4 rings (SSSR count). The van der Waals surface area contributed by atoms with Crippen molar-refractivity contribution in [1.82, 2.24) is 15.1 Å². The van der Waals surface area contributed by atoms with Gasteiger partial charge in [-0.1, -0.05) is 0 Å². The van der Waals surface area contributed by atoms with Crippen LogP contribution in [0.1, 0.15) is 36.2 Å². The third-order valence-electron chi connectivity index (χ3n) is 5.03. The van der Waals surface area contributed by atoms with Gasteiger partial charge in [-0.3, -0.25) is 9.59 Å². The molecule has 0 unspecified atom stereocenters. The van der Waals surface area contributed by atoms with E-state index < -0.39 is 0 Å². The first-order valence-electron chi connectivity index (χ1n) is 8.91. The van der Waals surface area contributed by atoms with Crippen LogP contribution in [0.2, 0.25) is 0 Å². The number of benzene rings is 1. The molecule has 7 heteroatoms. The molecule has 0 bridgehead atoms. The minimum atomic E-state index is -0.298. The summed E-state index contributed by atoms with van der Waals surface area (Å²) < 4.78 is 20.5. The maximum atomic E-state index is 13.2. The zero-order valence-electron chi connectivity index (χ0n) is 14.3. The van der Waals surface area contributed by atoms with E-state index in [4.69, 9.17) is 4.74 Å². The highest BCUT2D eigenvalue weighted by Crippen LogP contribution is 2.28. The molecule has 1 fully saturated rings. The van der Waals surface area contributed by atoms with Crippen LogP contribution in [0.15, 0.2) is 24.3 Å². The summed E-state index contributed by atoms with van der Waals surface area (Å²) in [7, 11) is 0. The number of hydrogen-bond acceptors (Lipinski definition) is 4. The van der Waals surface area contributed by atoms with Gasteiger partial charge in [0.15, 0.2) is 0 Å². The van der Waals surface area contributed by atoms with Crippen LogP contribution in [0, 0.1) is 11.7 Å². The number of carbonyl (C=O) groups is 2. The number of rotatable bonds is 4. The lowest BCUT2D eigenvalue weighted by Crippen LogP contribution is -2.39. The summed E-state index contributed by atoms with van der Waals surface area (Å²) in [4.78, 5) is 23.4. The van der Waals surface area contributed by atoms with Crippen LogP contribution in [-0.4, -0.2) is 28.2 Å². The van der Waals surface area contributed by atoms with Crippen molar-refractivity contribution in [2.75, 3.05) is 6.54 Å². The van der Waals surface area contributed by atoms with Crippen molar-refractivity contribution < 1.29 is 18.7 Å². The molecule has 1 amide bonds. The highest BCUT2D eigenvalue weighted by Gasteiger charge is 2.28. The van der Waals surface area contributed by atoms with Crippen molar-refractivity contribution in [1.29, 1.82) is 0 Å². The van der Waals surface area contributed by atoms with Gasteiger partial charge in [-0.25, -0.2) is 9.07 Å². The van der Waals surface area contributed by atoms with E-state index in [2.05, 4.69) is 10.4 Å². The van der Waals surface area contributed by atoms with E-state index >= 15 is 0 Å². The number of halogens is 1. The normalized spacial score (nSPS) is 19.1. The Labute approximate surface area is 150 Å². The van der Waals surface area contributed by atoms with Crippen LogP contribution in [0.25, 0.3) is 5.69 Å². The monoisotopic (exact) mass is 357 g/mol. The van der Waals surface area contributed by atoms with E-state index in [1.807, 2.05) is 4.68 Å². The first-order chi connectivity index (χ1) is 12.6. The van der Waals surface area contributed by atoms with Crippen molar-refractivity contribution >= 4 is 11.9 Å². The van der Waals surface area contributed by atoms with E-state index in [-0.39, 0.29) is 30.2 Å². The second-order valence-electron chi connectivity index (χ2n) is 6.76.